The molecule has 0 aliphatic carbocycles. The molecule has 3 aromatic heterocycles. The van der Waals surface area contributed by atoms with Crippen LogP contribution in [0.1, 0.15) is 19.0 Å². The minimum atomic E-state index is -0.650. The maximum Gasteiger partial charge on any atom is 0.222 e. The van der Waals surface area contributed by atoms with Crippen molar-refractivity contribution in [2.75, 3.05) is 38.9 Å². The van der Waals surface area contributed by atoms with Crippen LogP contribution in [0, 0.1) is 0 Å². The Morgan fingerprint density at radius 3 is 2.97 bits per heavy atom. The Morgan fingerprint density at radius 1 is 1.40 bits per heavy atom. The molecule has 1 aliphatic heterocycles. The number of hydrogen-bond acceptors (Lipinski definition) is 7. The van der Waals surface area contributed by atoms with Crippen molar-refractivity contribution in [1.29, 1.82) is 0 Å². The van der Waals surface area contributed by atoms with Gasteiger partial charge < -0.3 is 29.6 Å². The molecule has 0 bridgehead atoms. The van der Waals surface area contributed by atoms with Gasteiger partial charge in [0.2, 0.25) is 5.91 Å². The zero-order valence-electron chi connectivity index (χ0n) is 16.9. The van der Waals surface area contributed by atoms with Gasteiger partial charge in [0.25, 0.3) is 0 Å². The van der Waals surface area contributed by atoms with E-state index in [0.717, 1.165) is 16.5 Å². The van der Waals surface area contributed by atoms with E-state index in [1.165, 1.54) is 6.92 Å². The summed E-state index contributed by atoms with van der Waals surface area (Å²) in [4.78, 5) is 23.7. The van der Waals surface area contributed by atoms with Gasteiger partial charge in [-0.25, -0.2) is 9.97 Å². The number of pyridine rings is 2. The first kappa shape index (κ1) is 20.3. The molecule has 3 aromatic rings. The van der Waals surface area contributed by atoms with Gasteiger partial charge in [-0.2, -0.15) is 0 Å². The second kappa shape index (κ2) is 8.39. The highest BCUT2D eigenvalue weighted by atomic mass is 16.5. The van der Waals surface area contributed by atoms with Gasteiger partial charge in [-0.15, -0.1) is 0 Å². The summed E-state index contributed by atoms with van der Waals surface area (Å²) < 4.78 is 17.1. The van der Waals surface area contributed by atoms with Crippen molar-refractivity contribution in [3.05, 3.63) is 36.3 Å². The van der Waals surface area contributed by atoms with E-state index in [1.807, 2.05) is 18.3 Å². The van der Waals surface area contributed by atoms with E-state index in [-0.39, 0.29) is 19.1 Å². The van der Waals surface area contributed by atoms with E-state index in [1.54, 1.807) is 19.4 Å². The van der Waals surface area contributed by atoms with E-state index in [2.05, 4.69) is 15.3 Å². The summed E-state index contributed by atoms with van der Waals surface area (Å²) in [6.07, 6.45) is 4.19. The molecule has 1 atom stereocenters. The highest BCUT2D eigenvalue weighted by molar-refractivity contribution is 5.97. The highest BCUT2D eigenvalue weighted by Crippen LogP contribution is 2.37. The smallest absolute Gasteiger partial charge is 0.222 e. The van der Waals surface area contributed by atoms with Crippen molar-refractivity contribution in [3.63, 3.8) is 0 Å². The van der Waals surface area contributed by atoms with Crippen LogP contribution >= 0.6 is 0 Å². The van der Waals surface area contributed by atoms with Gasteiger partial charge in [0.1, 0.15) is 23.8 Å². The quantitative estimate of drug-likeness (QED) is 0.544. The molecule has 9 heteroatoms. The summed E-state index contributed by atoms with van der Waals surface area (Å²) in [5.41, 5.74) is 2.38. The largest absolute Gasteiger partial charge is 0.491 e. The third-order valence-corrected chi connectivity index (χ3v) is 5.15. The average Bonchev–Trinajstić information content (AvgIpc) is 3.39. The maximum atomic E-state index is 11.4. The lowest BCUT2D eigenvalue weighted by Gasteiger charge is -2.26. The van der Waals surface area contributed by atoms with Gasteiger partial charge in [-0.1, -0.05) is 0 Å². The second-order valence-corrected chi connectivity index (χ2v) is 7.15. The molecule has 3 N–H and O–H groups in total. The molecule has 1 amide bonds. The van der Waals surface area contributed by atoms with Crippen LogP contribution in [-0.2, 0) is 19.9 Å². The van der Waals surface area contributed by atoms with Crippen LogP contribution in [0.4, 0.5) is 5.82 Å². The molecule has 1 unspecified atom stereocenters. The molecular weight excluding hydrogens is 388 g/mol. The van der Waals surface area contributed by atoms with Gasteiger partial charge in [-0.05, 0) is 6.07 Å². The van der Waals surface area contributed by atoms with Crippen molar-refractivity contribution in [1.82, 2.24) is 15.0 Å². The Bertz CT molecular complexity index is 1060. The number of nitrogens with one attached hydrogen (secondary N) is 2. The molecule has 0 saturated carbocycles. The summed E-state index contributed by atoms with van der Waals surface area (Å²) in [5.74, 6) is 0.848. The van der Waals surface area contributed by atoms with Crippen molar-refractivity contribution in [2.45, 2.75) is 18.9 Å². The Morgan fingerprint density at radius 2 is 2.27 bits per heavy atom. The first-order chi connectivity index (χ1) is 14.5. The molecule has 1 aliphatic rings. The second-order valence-electron chi connectivity index (χ2n) is 7.15. The van der Waals surface area contributed by atoms with E-state index >= 15 is 0 Å². The Hall–Kier alpha value is -3.01. The normalized spacial score (nSPS) is 18.6. The van der Waals surface area contributed by atoms with E-state index in [0.29, 0.717) is 42.6 Å². The fraction of sp³-hybridized carbons (Fsp3) is 0.381. The summed E-state index contributed by atoms with van der Waals surface area (Å²) in [7, 11) is 1.65. The van der Waals surface area contributed by atoms with E-state index < -0.39 is 5.60 Å². The number of carbonyl (C=O) groups excluding carboxylic acids is 1. The predicted octanol–water partition coefficient (Wildman–Crippen LogP) is 2.22. The first-order valence-electron chi connectivity index (χ1n) is 9.69. The summed E-state index contributed by atoms with van der Waals surface area (Å²) in [5, 5.41) is 12.7. The summed E-state index contributed by atoms with van der Waals surface area (Å²) in [6, 6.07) is 5.45. The molecule has 4 rings (SSSR count). The fourth-order valence-corrected chi connectivity index (χ4v) is 3.62. The number of H-pyrrole nitrogens is 1. The molecule has 1 fully saturated rings. The minimum absolute atomic E-state index is 0.0929. The summed E-state index contributed by atoms with van der Waals surface area (Å²) in [6.45, 7) is 2.51. The van der Waals surface area contributed by atoms with Crippen LogP contribution < -0.4 is 10.1 Å². The number of ether oxygens (including phenoxy) is 3. The number of aliphatic hydroxyl groups excluding tert-OH is 1. The molecule has 0 aromatic carbocycles. The molecule has 30 heavy (non-hydrogen) atoms. The fourth-order valence-electron chi connectivity index (χ4n) is 3.62. The van der Waals surface area contributed by atoms with Gasteiger partial charge in [0.15, 0.2) is 0 Å². The molecule has 4 heterocycles. The standard InChI is InChI=1S/C21H24N4O5/c1-13(27)24-20-9-15-16(10-22-18(15)11-23-20)17-7-14(30-6-4-26)8-19(25-17)21(28-2)3-5-29-12-21/h7-11,22,26H,3-6,12H2,1-2H3,(H,23,24,27). The molecule has 158 valence electrons. The number of carbonyl (C=O) groups is 1. The van der Waals surface area contributed by atoms with Crippen molar-refractivity contribution in [2.24, 2.45) is 0 Å². The maximum absolute atomic E-state index is 11.4. The van der Waals surface area contributed by atoms with Crippen LogP contribution in [0.15, 0.2) is 30.6 Å². The number of aliphatic hydroxyl groups is 1. The van der Waals surface area contributed by atoms with E-state index in [4.69, 9.17) is 19.2 Å². The topological polar surface area (TPSA) is 119 Å². The predicted molar refractivity (Wildman–Crippen MR) is 110 cm³/mol. The zero-order chi connectivity index (χ0) is 21.1. The number of anilines is 1. The first-order valence-corrected chi connectivity index (χ1v) is 9.69. The van der Waals surface area contributed by atoms with E-state index in [9.17, 15) is 9.90 Å². The SMILES string of the molecule is COC1(c2cc(OCCO)cc(-c3c[nH]c4cnc(NC(C)=O)cc34)n2)CCOC1. The van der Waals surface area contributed by atoms with Crippen molar-refractivity contribution in [3.8, 4) is 17.0 Å². The van der Waals surface area contributed by atoms with Gasteiger partial charge >= 0.3 is 0 Å². The van der Waals surface area contributed by atoms with Crippen LogP contribution in [0.3, 0.4) is 0 Å². The molecular formula is C21H24N4O5. The number of amides is 1. The molecule has 0 radical (unpaired) electrons. The number of rotatable bonds is 7. The average molecular weight is 412 g/mol. The van der Waals surface area contributed by atoms with Gasteiger partial charge in [0, 0.05) is 56.3 Å². The molecule has 1 saturated heterocycles. The van der Waals surface area contributed by atoms with Crippen molar-refractivity contribution < 1.29 is 24.1 Å². The third kappa shape index (κ3) is 3.87. The zero-order valence-corrected chi connectivity index (χ0v) is 16.9. The number of nitrogens with zero attached hydrogens (tertiary/aromatic N) is 2. The minimum Gasteiger partial charge on any atom is -0.491 e. The Balaban J connectivity index is 1.83. The van der Waals surface area contributed by atoms with Gasteiger partial charge in [0.05, 0.1) is 36.3 Å². The lowest BCUT2D eigenvalue weighted by atomic mass is 9.96. The highest BCUT2D eigenvalue weighted by Gasteiger charge is 2.39. The lowest BCUT2D eigenvalue weighted by Crippen LogP contribution is -2.30. The number of hydrogen-bond donors (Lipinski definition) is 3. The monoisotopic (exact) mass is 412 g/mol. The lowest BCUT2D eigenvalue weighted by molar-refractivity contribution is -0.114. The Labute approximate surface area is 173 Å². The van der Waals surface area contributed by atoms with Crippen LogP contribution in [0.25, 0.3) is 22.2 Å². The number of aromatic nitrogens is 3. The van der Waals surface area contributed by atoms with Crippen LogP contribution in [-0.4, -0.2) is 59.5 Å². The van der Waals surface area contributed by atoms with Crippen LogP contribution in [0.2, 0.25) is 0 Å². The van der Waals surface area contributed by atoms with Crippen molar-refractivity contribution >= 4 is 22.6 Å². The molecule has 0 spiro atoms. The number of aromatic amines is 1. The Kier molecular flexibility index (Phi) is 5.67. The van der Waals surface area contributed by atoms with Gasteiger partial charge in [-0.3, -0.25) is 4.79 Å². The molecule has 9 nitrogen and oxygen atoms in total. The number of methoxy groups -OCH3 is 1. The number of fused-ring (bicyclic) bond motifs is 1. The third-order valence-electron chi connectivity index (χ3n) is 5.15. The van der Waals surface area contributed by atoms with Crippen LogP contribution in [0.5, 0.6) is 5.75 Å². The summed E-state index contributed by atoms with van der Waals surface area (Å²) >= 11 is 0.